The van der Waals surface area contributed by atoms with E-state index < -0.39 is 12.2 Å². The van der Waals surface area contributed by atoms with E-state index in [4.69, 9.17) is 0 Å². The summed E-state index contributed by atoms with van der Waals surface area (Å²) in [4.78, 5) is 10.9. The SMILES string of the molecule is CC(=O)SCC(O)C(O)c1ccccc1C(C)C. The third-order valence-electron chi connectivity index (χ3n) is 2.76. The highest BCUT2D eigenvalue weighted by molar-refractivity contribution is 8.13. The van der Waals surface area contributed by atoms with Gasteiger partial charge in [0.15, 0.2) is 5.12 Å². The minimum Gasteiger partial charge on any atom is -0.389 e. The molecule has 2 atom stereocenters. The lowest BCUT2D eigenvalue weighted by molar-refractivity contribution is -0.109. The lowest BCUT2D eigenvalue weighted by Gasteiger charge is -2.21. The Kier molecular flexibility index (Phi) is 5.85. The van der Waals surface area contributed by atoms with Crippen molar-refractivity contribution in [1.82, 2.24) is 0 Å². The van der Waals surface area contributed by atoms with Gasteiger partial charge in [-0.3, -0.25) is 4.79 Å². The molecule has 1 rings (SSSR count). The van der Waals surface area contributed by atoms with Crippen LogP contribution >= 0.6 is 11.8 Å². The smallest absolute Gasteiger partial charge is 0.185 e. The molecule has 2 unspecified atom stereocenters. The van der Waals surface area contributed by atoms with Crippen LogP contribution in [0.5, 0.6) is 0 Å². The molecule has 0 aliphatic heterocycles. The van der Waals surface area contributed by atoms with E-state index in [-0.39, 0.29) is 16.8 Å². The van der Waals surface area contributed by atoms with Crippen molar-refractivity contribution in [2.24, 2.45) is 0 Å². The number of aliphatic hydroxyl groups excluding tert-OH is 2. The Morgan fingerprint density at radius 1 is 1.22 bits per heavy atom. The first kappa shape index (κ1) is 15.2. The Balaban J connectivity index is 2.82. The molecule has 0 aromatic heterocycles. The topological polar surface area (TPSA) is 57.5 Å². The molecule has 3 nitrogen and oxygen atoms in total. The summed E-state index contributed by atoms with van der Waals surface area (Å²) in [5.74, 6) is 0.492. The standard InChI is InChI=1S/C14H20O3S/c1-9(2)11-6-4-5-7-12(11)14(17)13(16)8-18-10(3)15/h4-7,9,13-14,16-17H,8H2,1-3H3. The first-order valence-electron chi connectivity index (χ1n) is 6.01. The van der Waals surface area contributed by atoms with Gasteiger partial charge in [-0.15, -0.1) is 0 Å². The van der Waals surface area contributed by atoms with Crippen LogP contribution in [-0.4, -0.2) is 27.2 Å². The highest BCUT2D eigenvalue weighted by atomic mass is 32.2. The second-order valence-electron chi connectivity index (χ2n) is 4.60. The van der Waals surface area contributed by atoms with E-state index >= 15 is 0 Å². The molecule has 0 aliphatic rings. The summed E-state index contributed by atoms with van der Waals surface area (Å²) >= 11 is 1.03. The van der Waals surface area contributed by atoms with E-state index in [9.17, 15) is 15.0 Å². The van der Waals surface area contributed by atoms with Gasteiger partial charge in [0.2, 0.25) is 0 Å². The predicted molar refractivity (Wildman–Crippen MR) is 74.6 cm³/mol. The number of carbonyl (C=O) groups is 1. The Bertz CT molecular complexity index is 404. The van der Waals surface area contributed by atoms with Crippen molar-refractivity contribution in [3.8, 4) is 0 Å². The van der Waals surface area contributed by atoms with Crippen LogP contribution in [-0.2, 0) is 4.79 Å². The first-order valence-corrected chi connectivity index (χ1v) is 7.00. The predicted octanol–water partition coefficient (Wildman–Crippen LogP) is 2.48. The van der Waals surface area contributed by atoms with Gasteiger partial charge >= 0.3 is 0 Å². The Labute approximate surface area is 112 Å². The van der Waals surface area contributed by atoms with Crippen molar-refractivity contribution in [2.75, 3.05) is 5.75 Å². The van der Waals surface area contributed by atoms with Gasteiger partial charge in [-0.2, -0.15) is 0 Å². The van der Waals surface area contributed by atoms with E-state index in [0.717, 1.165) is 22.9 Å². The van der Waals surface area contributed by atoms with Crippen molar-refractivity contribution in [3.63, 3.8) is 0 Å². The van der Waals surface area contributed by atoms with Crippen LogP contribution in [0.1, 0.15) is 43.9 Å². The quantitative estimate of drug-likeness (QED) is 0.861. The van der Waals surface area contributed by atoms with Gasteiger partial charge in [-0.1, -0.05) is 49.9 Å². The number of thioether (sulfide) groups is 1. The second kappa shape index (κ2) is 6.92. The molecule has 0 heterocycles. The summed E-state index contributed by atoms with van der Waals surface area (Å²) in [7, 11) is 0. The zero-order valence-corrected chi connectivity index (χ0v) is 11.8. The fraction of sp³-hybridized carbons (Fsp3) is 0.500. The normalized spacial score (nSPS) is 14.6. The van der Waals surface area contributed by atoms with Crippen LogP contribution in [0.2, 0.25) is 0 Å². The fourth-order valence-electron chi connectivity index (χ4n) is 1.81. The molecule has 18 heavy (non-hydrogen) atoms. The molecule has 0 amide bonds. The molecular weight excluding hydrogens is 248 g/mol. The summed E-state index contributed by atoms with van der Waals surface area (Å²) in [5, 5.41) is 20.0. The monoisotopic (exact) mass is 268 g/mol. The molecule has 0 bridgehead atoms. The summed E-state index contributed by atoms with van der Waals surface area (Å²) in [6.07, 6.45) is -1.88. The summed E-state index contributed by atoms with van der Waals surface area (Å²) in [6.45, 7) is 5.54. The van der Waals surface area contributed by atoms with Crippen molar-refractivity contribution < 1.29 is 15.0 Å². The Morgan fingerprint density at radius 2 is 1.78 bits per heavy atom. The Hall–Kier alpha value is -0.840. The maximum Gasteiger partial charge on any atom is 0.185 e. The van der Waals surface area contributed by atoms with Gasteiger partial charge in [0.05, 0.1) is 6.10 Å². The average Bonchev–Trinajstić information content (AvgIpc) is 2.34. The van der Waals surface area contributed by atoms with E-state index in [1.807, 2.05) is 38.1 Å². The molecule has 0 saturated carbocycles. The van der Waals surface area contributed by atoms with E-state index in [1.54, 1.807) is 0 Å². The summed E-state index contributed by atoms with van der Waals surface area (Å²) in [5.41, 5.74) is 1.76. The molecule has 4 heteroatoms. The fourth-order valence-corrected chi connectivity index (χ4v) is 2.39. The van der Waals surface area contributed by atoms with E-state index in [1.165, 1.54) is 6.92 Å². The molecule has 0 radical (unpaired) electrons. The minimum absolute atomic E-state index is 0.0570. The van der Waals surface area contributed by atoms with E-state index in [2.05, 4.69) is 0 Å². The number of carbonyl (C=O) groups excluding carboxylic acids is 1. The molecule has 0 aliphatic carbocycles. The van der Waals surface area contributed by atoms with Crippen LogP contribution in [0.25, 0.3) is 0 Å². The molecule has 0 spiro atoms. The molecule has 0 saturated heterocycles. The lowest BCUT2D eigenvalue weighted by Crippen LogP contribution is -2.22. The highest BCUT2D eigenvalue weighted by Crippen LogP contribution is 2.27. The number of hydrogen-bond donors (Lipinski definition) is 2. The largest absolute Gasteiger partial charge is 0.389 e. The van der Waals surface area contributed by atoms with Crippen molar-refractivity contribution in [2.45, 2.75) is 38.9 Å². The van der Waals surface area contributed by atoms with E-state index in [0.29, 0.717) is 0 Å². The maximum absolute atomic E-state index is 10.9. The van der Waals surface area contributed by atoms with Gasteiger partial charge in [-0.25, -0.2) is 0 Å². The van der Waals surface area contributed by atoms with Crippen LogP contribution in [0.3, 0.4) is 0 Å². The molecular formula is C14H20O3S. The summed E-state index contributed by atoms with van der Waals surface area (Å²) in [6, 6.07) is 7.53. The van der Waals surface area contributed by atoms with Gasteiger partial charge in [-0.05, 0) is 17.0 Å². The van der Waals surface area contributed by atoms with Crippen LogP contribution in [0.15, 0.2) is 24.3 Å². The molecule has 2 N–H and O–H groups in total. The lowest BCUT2D eigenvalue weighted by atomic mass is 9.92. The second-order valence-corrected chi connectivity index (χ2v) is 5.80. The van der Waals surface area contributed by atoms with Crippen LogP contribution in [0.4, 0.5) is 0 Å². The number of rotatable bonds is 5. The minimum atomic E-state index is -0.949. The van der Waals surface area contributed by atoms with Gasteiger partial charge in [0.25, 0.3) is 0 Å². The summed E-state index contributed by atoms with van der Waals surface area (Å²) < 4.78 is 0. The van der Waals surface area contributed by atoms with Gasteiger partial charge in [0.1, 0.15) is 6.10 Å². The van der Waals surface area contributed by atoms with Gasteiger partial charge < -0.3 is 10.2 Å². The van der Waals surface area contributed by atoms with Crippen molar-refractivity contribution in [3.05, 3.63) is 35.4 Å². The Morgan fingerprint density at radius 3 is 2.28 bits per heavy atom. The van der Waals surface area contributed by atoms with Crippen molar-refractivity contribution in [1.29, 1.82) is 0 Å². The molecule has 1 aromatic rings. The zero-order chi connectivity index (χ0) is 13.7. The number of benzene rings is 1. The molecule has 1 aromatic carbocycles. The van der Waals surface area contributed by atoms with Crippen LogP contribution in [0, 0.1) is 0 Å². The first-order chi connectivity index (χ1) is 8.43. The third-order valence-corrected chi connectivity index (χ3v) is 3.67. The van der Waals surface area contributed by atoms with Crippen molar-refractivity contribution >= 4 is 16.9 Å². The van der Waals surface area contributed by atoms with Crippen LogP contribution < -0.4 is 0 Å². The van der Waals surface area contributed by atoms with Gasteiger partial charge in [0, 0.05) is 12.7 Å². The molecule has 0 fully saturated rings. The third kappa shape index (κ3) is 4.12. The maximum atomic E-state index is 10.9. The molecule has 100 valence electrons. The average molecular weight is 268 g/mol. The zero-order valence-electron chi connectivity index (χ0n) is 11.0. The highest BCUT2D eigenvalue weighted by Gasteiger charge is 2.22. The number of aliphatic hydroxyl groups is 2. The number of hydrogen-bond acceptors (Lipinski definition) is 4.